The Morgan fingerprint density at radius 3 is 2.73 bits per heavy atom. The van der Waals surface area contributed by atoms with Crippen molar-refractivity contribution in [2.24, 2.45) is 10.9 Å². The Morgan fingerprint density at radius 2 is 2.05 bits per heavy atom. The number of hydrogen-bond acceptors (Lipinski definition) is 3. The predicted molar refractivity (Wildman–Crippen MR) is 103 cm³/mol. The highest BCUT2D eigenvalue weighted by atomic mass is 127. The van der Waals surface area contributed by atoms with Crippen LogP contribution in [0.3, 0.4) is 0 Å². The van der Waals surface area contributed by atoms with Crippen LogP contribution in [0.2, 0.25) is 0 Å². The average Bonchev–Trinajstić information content (AvgIpc) is 3.14. The van der Waals surface area contributed by atoms with Crippen molar-refractivity contribution in [2.45, 2.75) is 32.6 Å². The van der Waals surface area contributed by atoms with Gasteiger partial charge in [-0.1, -0.05) is 0 Å². The zero-order valence-electron chi connectivity index (χ0n) is 14.2. The van der Waals surface area contributed by atoms with Crippen molar-refractivity contribution < 1.29 is 4.74 Å². The van der Waals surface area contributed by atoms with Gasteiger partial charge in [-0.2, -0.15) is 0 Å². The molecule has 0 spiro atoms. The topological polar surface area (TPSA) is 40.1 Å². The summed E-state index contributed by atoms with van der Waals surface area (Å²) in [5, 5.41) is 3.44. The lowest BCUT2D eigenvalue weighted by Crippen LogP contribution is -2.40. The summed E-state index contributed by atoms with van der Waals surface area (Å²) in [4.78, 5) is 9.77. The van der Waals surface area contributed by atoms with Gasteiger partial charge in [0.2, 0.25) is 0 Å². The fourth-order valence-corrected chi connectivity index (χ4v) is 3.31. The molecule has 1 unspecified atom stereocenters. The molecular weight excluding hydrogens is 391 g/mol. The third-order valence-electron chi connectivity index (χ3n) is 4.42. The summed E-state index contributed by atoms with van der Waals surface area (Å²) in [6.45, 7) is 10.8. The SMILES string of the molecule is CCNC(=NCCCN1CCCC1)N1CCC(COC)C1.I. The summed E-state index contributed by atoms with van der Waals surface area (Å²) in [5.74, 6) is 1.75. The zero-order valence-corrected chi connectivity index (χ0v) is 16.6. The molecule has 0 radical (unpaired) electrons. The molecule has 0 amide bonds. The summed E-state index contributed by atoms with van der Waals surface area (Å²) in [6, 6.07) is 0. The molecule has 0 aromatic carbocycles. The largest absolute Gasteiger partial charge is 0.384 e. The van der Waals surface area contributed by atoms with Crippen molar-refractivity contribution in [1.29, 1.82) is 0 Å². The van der Waals surface area contributed by atoms with Gasteiger partial charge < -0.3 is 19.9 Å². The van der Waals surface area contributed by atoms with Crippen molar-refractivity contribution >= 4 is 29.9 Å². The van der Waals surface area contributed by atoms with Gasteiger partial charge in [0.1, 0.15) is 0 Å². The molecule has 6 heteroatoms. The number of methoxy groups -OCH3 is 1. The van der Waals surface area contributed by atoms with Crippen LogP contribution in [0, 0.1) is 5.92 Å². The molecule has 2 fully saturated rings. The van der Waals surface area contributed by atoms with Gasteiger partial charge in [0.25, 0.3) is 0 Å². The summed E-state index contributed by atoms with van der Waals surface area (Å²) in [7, 11) is 1.79. The van der Waals surface area contributed by atoms with Crippen LogP contribution in [0.15, 0.2) is 4.99 Å². The van der Waals surface area contributed by atoms with Gasteiger partial charge in [-0.25, -0.2) is 0 Å². The monoisotopic (exact) mass is 424 g/mol. The summed E-state index contributed by atoms with van der Waals surface area (Å²) in [6.07, 6.45) is 5.14. The van der Waals surface area contributed by atoms with Crippen LogP contribution in [-0.2, 0) is 4.74 Å². The molecule has 5 nitrogen and oxygen atoms in total. The maximum absolute atomic E-state index is 5.28. The standard InChI is InChI=1S/C16H32N4O.HI/c1-3-17-16(20-12-7-15(13-20)14-21-2)18-8-6-11-19-9-4-5-10-19;/h15H,3-14H2,1-2H3,(H,17,18);1H. The molecule has 0 bridgehead atoms. The fraction of sp³-hybridized carbons (Fsp3) is 0.938. The van der Waals surface area contributed by atoms with Crippen LogP contribution in [0.1, 0.15) is 32.6 Å². The van der Waals surface area contributed by atoms with E-state index in [1.165, 1.54) is 45.3 Å². The van der Waals surface area contributed by atoms with Crippen LogP contribution >= 0.6 is 24.0 Å². The highest BCUT2D eigenvalue weighted by molar-refractivity contribution is 14.0. The van der Waals surface area contributed by atoms with Gasteiger partial charge in [-0.05, 0) is 52.2 Å². The van der Waals surface area contributed by atoms with Gasteiger partial charge in [0.15, 0.2) is 5.96 Å². The molecule has 2 heterocycles. The Hall–Kier alpha value is -0.0800. The van der Waals surface area contributed by atoms with Gasteiger partial charge in [-0.3, -0.25) is 4.99 Å². The zero-order chi connectivity index (χ0) is 14.9. The number of halogens is 1. The van der Waals surface area contributed by atoms with Gasteiger partial charge in [0, 0.05) is 39.2 Å². The molecule has 1 N–H and O–H groups in total. The van der Waals surface area contributed by atoms with Crippen LogP contribution < -0.4 is 5.32 Å². The molecule has 130 valence electrons. The first-order valence-corrected chi connectivity index (χ1v) is 8.58. The number of likely N-dealkylation sites (tertiary alicyclic amines) is 2. The Labute approximate surface area is 152 Å². The third kappa shape index (κ3) is 6.58. The van der Waals surface area contributed by atoms with Crippen LogP contribution in [0.4, 0.5) is 0 Å². The number of aliphatic imine (C=N–C) groups is 1. The first-order chi connectivity index (χ1) is 10.3. The quantitative estimate of drug-likeness (QED) is 0.294. The minimum Gasteiger partial charge on any atom is -0.384 e. The molecule has 0 aromatic rings. The van der Waals surface area contributed by atoms with E-state index < -0.39 is 0 Å². The Kier molecular flexibility index (Phi) is 10.4. The summed E-state index contributed by atoms with van der Waals surface area (Å²) < 4.78 is 5.28. The van der Waals surface area contributed by atoms with Crippen LogP contribution in [0.25, 0.3) is 0 Å². The highest BCUT2D eigenvalue weighted by Crippen LogP contribution is 2.16. The van der Waals surface area contributed by atoms with Crippen molar-refractivity contribution in [1.82, 2.24) is 15.1 Å². The van der Waals surface area contributed by atoms with E-state index in [1.807, 2.05) is 0 Å². The third-order valence-corrected chi connectivity index (χ3v) is 4.42. The van der Waals surface area contributed by atoms with Crippen LogP contribution in [0.5, 0.6) is 0 Å². The lowest BCUT2D eigenvalue weighted by Gasteiger charge is -2.22. The van der Waals surface area contributed by atoms with Crippen molar-refractivity contribution in [2.75, 3.05) is 59.5 Å². The summed E-state index contributed by atoms with van der Waals surface area (Å²) >= 11 is 0. The Bertz CT molecular complexity index is 321. The fourth-order valence-electron chi connectivity index (χ4n) is 3.31. The number of rotatable bonds is 7. The van der Waals surface area contributed by atoms with E-state index in [0.717, 1.165) is 38.7 Å². The van der Waals surface area contributed by atoms with Gasteiger partial charge in [0.05, 0.1) is 6.61 Å². The van der Waals surface area contributed by atoms with Crippen molar-refractivity contribution in [3.63, 3.8) is 0 Å². The molecule has 1 atom stereocenters. The number of ether oxygens (including phenoxy) is 1. The first-order valence-electron chi connectivity index (χ1n) is 8.58. The molecular formula is C16H33IN4O. The predicted octanol–water partition coefficient (Wildman–Crippen LogP) is 2.02. The molecule has 2 saturated heterocycles. The first kappa shape index (κ1) is 20.0. The molecule has 22 heavy (non-hydrogen) atoms. The molecule has 2 rings (SSSR count). The summed E-state index contributed by atoms with van der Waals surface area (Å²) in [5.41, 5.74) is 0. The molecule has 0 aromatic heterocycles. The van der Waals surface area contributed by atoms with E-state index in [9.17, 15) is 0 Å². The minimum absolute atomic E-state index is 0. The average molecular weight is 424 g/mol. The van der Waals surface area contributed by atoms with Gasteiger partial charge in [-0.15, -0.1) is 24.0 Å². The number of guanidine groups is 1. The maximum atomic E-state index is 5.28. The molecule has 2 aliphatic rings. The lowest BCUT2D eigenvalue weighted by molar-refractivity contribution is 0.157. The minimum atomic E-state index is 0. The Morgan fingerprint density at radius 1 is 1.27 bits per heavy atom. The number of nitrogens with one attached hydrogen (secondary N) is 1. The highest BCUT2D eigenvalue weighted by Gasteiger charge is 2.24. The number of hydrogen-bond donors (Lipinski definition) is 1. The van der Waals surface area contributed by atoms with Gasteiger partial charge >= 0.3 is 0 Å². The normalized spacial score (nSPS) is 22.9. The van der Waals surface area contributed by atoms with E-state index in [4.69, 9.17) is 9.73 Å². The lowest BCUT2D eigenvalue weighted by atomic mass is 10.1. The van der Waals surface area contributed by atoms with Crippen LogP contribution in [-0.4, -0.2) is 75.3 Å². The Balaban J connectivity index is 0.00000242. The van der Waals surface area contributed by atoms with Crippen molar-refractivity contribution in [3.05, 3.63) is 0 Å². The second kappa shape index (κ2) is 11.5. The number of nitrogens with zero attached hydrogens (tertiary/aromatic N) is 3. The van der Waals surface area contributed by atoms with Crippen molar-refractivity contribution in [3.8, 4) is 0 Å². The van der Waals surface area contributed by atoms with E-state index in [-0.39, 0.29) is 24.0 Å². The second-order valence-corrected chi connectivity index (χ2v) is 6.19. The smallest absolute Gasteiger partial charge is 0.193 e. The molecule has 0 saturated carbocycles. The van der Waals surface area contributed by atoms with E-state index in [1.54, 1.807) is 7.11 Å². The van der Waals surface area contributed by atoms with E-state index >= 15 is 0 Å². The molecule has 2 aliphatic heterocycles. The van der Waals surface area contributed by atoms with E-state index in [0.29, 0.717) is 5.92 Å². The van der Waals surface area contributed by atoms with E-state index in [2.05, 4.69) is 22.0 Å². The molecule has 0 aliphatic carbocycles. The second-order valence-electron chi connectivity index (χ2n) is 6.19. The maximum Gasteiger partial charge on any atom is 0.193 e.